The van der Waals surface area contributed by atoms with Gasteiger partial charge in [-0.1, -0.05) is 13.0 Å². The van der Waals surface area contributed by atoms with Gasteiger partial charge < -0.3 is 10.7 Å². The zero-order valence-corrected chi connectivity index (χ0v) is 12.8. The van der Waals surface area contributed by atoms with E-state index in [1.165, 1.54) is 0 Å². The molecular formula is C16H21N5O. The van der Waals surface area contributed by atoms with E-state index < -0.39 is 0 Å². The van der Waals surface area contributed by atoms with E-state index in [0.717, 1.165) is 48.5 Å². The lowest BCUT2D eigenvalue weighted by molar-refractivity contribution is 0.241. The Balaban J connectivity index is 1.79. The van der Waals surface area contributed by atoms with Gasteiger partial charge in [-0.25, -0.2) is 9.97 Å². The van der Waals surface area contributed by atoms with E-state index in [-0.39, 0.29) is 5.56 Å². The zero-order chi connectivity index (χ0) is 15.5. The van der Waals surface area contributed by atoms with Gasteiger partial charge in [-0.2, -0.15) is 0 Å². The highest BCUT2D eigenvalue weighted by molar-refractivity contribution is 5.38. The van der Waals surface area contributed by atoms with Crippen molar-refractivity contribution < 1.29 is 0 Å². The van der Waals surface area contributed by atoms with E-state index in [2.05, 4.69) is 26.8 Å². The third kappa shape index (κ3) is 3.01. The highest BCUT2D eigenvalue weighted by Gasteiger charge is 2.21. The number of nitrogen functional groups attached to an aromatic ring is 1. The summed E-state index contributed by atoms with van der Waals surface area (Å²) in [5.74, 6) is 1.36. The normalized spacial score (nSPS) is 14.8. The molecule has 0 spiro atoms. The fraction of sp³-hybridized carbons (Fsp3) is 0.438. The van der Waals surface area contributed by atoms with Crippen LogP contribution in [0, 0.1) is 0 Å². The number of hydrogen-bond acceptors (Lipinski definition) is 5. The summed E-state index contributed by atoms with van der Waals surface area (Å²) in [7, 11) is 0. The van der Waals surface area contributed by atoms with Crippen LogP contribution in [-0.2, 0) is 25.9 Å². The molecule has 0 bridgehead atoms. The smallest absolute Gasteiger partial charge is 0.255 e. The summed E-state index contributed by atoms with van der Waals surface area (Å²) in [6.45, 7) is 4.27. The summed E-state index contributed by atoms with van der Waals surface area (Å²) < 4.78 is 0. The number of hydrogen-bond donors (Lipinski definition) is 2. The van der Waals surface area contributed by atoms with Crippen LogP contribution in [0.3, 0.4) is 0 Å². The van der Waals surface area contributed by atoms with Crippen molar-refractivity contribution in [1.82, 2.24) is 19.9 Å². The first-order chi connectivity index (χ1) is 10.7. The number of H-pyrrole nitrogens is 1. The van der Waals surface area contributed by atoms with Crippen molar-refractivity contribution in [3.05, 3.63) is 51.3 Å². The van der Waals surface area contributed by atoms with Gasteiger partial charge in [0.1, 0.15) is 11.6 Å². The maximum atomic E-state index is 12.3. The van der Waals surface area contributed by atoms with E-state index in [1.54, 1.807) is 6.20 Å². The van der Waals surface area contributed by atoms with E-state index in [4.69, 9.17) is 5.73 Å². The van der Waals surface area contributed by atoms with Gasteiger partial charge in [0.25, 0.3) is 5.56 Å². The van der Waals surface area contributed by atoms with Crippen molar-refractivity contribution in [1.29, 1.82) is 0 Å². The summed E-state index contributed by atoms with van der Waals surface area (Å²) in [5.41, 5.74) is 8.63. The standard InChI is InChI=1S/C16H21N5O/c1-2-4-14-19-13-6-8-21(10-12(13)16(22)20-14)9-11-5-3-7-18-15(11)17/h3,5,7H,2,4,6,8-10H2,1H3,(H2,17,18)(H,19,20,22). The van der Waals surface area contributed by atoms with Gasteiger partial charge in [-0.05, 0) is 12.5 Å². The van der Waals surface area contributed by atoms with Crippen LogP contribution in [0.15, 0.2) is 23.1 Å². The Kier molecular flexibility index (Phi) is 4.20. The van der Waals surface area contributed by atoms with Gasteiger partial charge in [0, 0.05) is 44.2 Å². The van der Waals surface area contributed by atoms with Crippen LogP contribution in [0.5, 0.6) is 0 Å². The average molecular weight is 299 g/mol. The van der Waals surface area contributed by atoms with Crippen molar-refractivity contribution in [2.75, 3.05) is 12.3 Å². The summed E-state index contributed by atoms with van der Waals surface area (Å²) >= 11 is 0. The SMILES string of the molecule is CCCc1nc2c(c(=O)[nH]1)CN(Cc1cccnc1N)CC2. The minimum absolute atomic E-state index is 0.00249. The fourth-order valence-electron chi connectivity index (χ4n) is 2.85. The number of nitrogens with zero attached hydrogens (tertiary/aromatic N) is 3. The monoisotopic (exact) mass is 299 g/mol. The molecule has 0 radical (unpaired) electrons. The van der Waals surface area contributed by atoms with Crippen molar-refractivity contribution in [2.24, 2.45) is 0 Å². The summed E-state index contributed by atoms with van der Waals surface area (Å²) in [5, 5.41) is 0. The number of anilines is 1. The van der Waals surface area contributed by atoms with E-state index in [9.17, 15) is 4.79 Å². The fourth-order valence-corrected chi connectivity index (χ4v) is 2.85. The third-order valence-electron chi connectivity index (χ3n) is 4.00. The second kappa shape index (κ2) is 6.27. The van der Waals surface area contributed by atoms with E-state index in [0.29, 0.717) is 18.9 Å². The van der Waals surface area contributed by atoms with Gasteiger partial charge in [-0.15, -0.1) is 0 Å². The lowest BCUT2D eigenvalue weighted by Crippen LogP contribution is -2.36. The second-order valence-corrected chi connectivity index (χ2v) is 5.70. The number of aromatic amines is 1. The number of pyridine rings is 1. The summed E-state index contributed by atoms with van der Waals surface area (Å²) in [4.78, 5) is 26.1. The Morgan fingerprint density at radius 3 is 3.09 bits per heavy atom. The number of nitrogens with one attached hydrogen (secondary N) is 1. The number of aromatic nitrogens is 3. The summed E-state index contributed by atoms with van der Waals surface area (Å²) in [6, 6.07) is 3.86. The molecule has 0 atom stereocenters. The molecule has 116 valence electrons. The number of aryl methyl sites for hydroxylation is 1. The molecule has 0 saturated heterocycles. The Hall–Kier alpha value is -2.21. The molecule has 3 heterocycles. The first-order valence-electron chi connectivity index (χ1n) is 7.70. The molecule has 0 fully saturated rings. The maximum Gasteiger partial charge on any atom is 0.255 e. The van der Waals surface area contributed by atoms with Crippen LogP contribution in [0.2, 0.25) is 0 Å². The molecule has 1 aliphatic rings. The predicted molar refractivity (Wildman–Crippen MR) is 85.3 cm³/mol. The molecule has 0 aliphatic carbocycles. The maximum absolute atomic E-state index is 12.3. The Labute approximate surface area is 129 Å². The molecule has 6 nitrogen and oxygen atoms in total. The molecule has 2 aromatic heterocycles. The van der Waals surface area contributed by atoms with Gasteiger partial charge in [0.05, 0.1) is 11.3 Å². The molecule has 3 N–H and O–H groups in total. The quantitative estimate of drug-likeness (QED) is 0.887. The lowest BCUT2D eigenvalue weighted by atomic mass is 10.1. The van der Waals surface area contributed by atoms with E-state index >= 15 is 0 Å². The van der Waals surface area contributed by atoms with Crippen LogP contribution in [0.1, 0.15) is 36.0 Å². The first-order valence-corrected chi connectivity index (χ1v) is 7.70. The van der Waals surface area contributed by atoms with Crippen molar-refractivity contribution in [2.45, 2.75) is 39.3 Å². The molecule has 1 aliphatic heterocycles. The molecule has 6 heteroatoms. The minimum Gasteiger partial charge on any atom is -0.383 e. The molecule has 2 aromatic rings. The number of rotatable bonds is 4. The zero-order valence-electron chi connectivity index (χ0n) is 12.8. The third-order valence-corrected chi connectivity index (χ3v) is 4.00. The highest BCUT2D eigenvalue weighted by Crippen LogP contribution is 2.18. The molecule has 0 saturated carbocycles. The minimum atomic E-state index is -0.00249. The molecule has 0 unspecified atom stereocenters. The number of fused-ring (bicyclic) bond motifs is 1. The summed E-state index contributed by atoms with van der Waals surface area (Å²) in [6.07, 6.45) is 4.29. The van der Waals surface area contributed by atoms with Crippen LogP contribution < -0.4 is 11.3 Å². The average Bonchev–Trinajstić information content (AvgIpc) is 2.51. The van der Waals surface area contributed by atoms with Crippen molar-refractivity contribution >= 4 is 5.82 Å². The molecule has 3 rings (SSSR count). The Morgan fingerprint density at radius 2 is 2.32 bits per heavy atom. The van der Waals surface area contributed by atoms with Gasteiger partial charge >= 0.3 is 0 Å². The Bertz CT molecular complexity index is 725. The molecule has 22 heavy (non-hydrogen) atoms. The molecule has 0 amide bonds. The van der Waals surface area contributed by atoms with Gasteiger partial charge in [-0.3, -0.25) is 9.69 Å². The van der Waals surface area contributed by atoms with Crippen molar-refractivity contribution in [3.8, 4) is 0 Å². The highest BCUT2D eigenvalue weighted by atomic mass is 16.1. The topological polar surface area (TPSA) is 87.9 Å². The largest absolute Gasteiger partial charge is 0.383 e. The van der Waals surface area contributed by atoms with E-state index in [1.807, 2.05) is 12.1 Å². The van der Waals surface area contributed by atoms with Crippen LogP contribution in [0.4, 0.5) is 5.82 Å². The molecular weight excluding hydrogens is 278 g/mol. The van der Waals surface area contributed by atoms with Crippen molar-refractivity contribution in [3.63, 3.8) is 0 Å². The van der Waals surface area contributed by atoms with Gasteiger partial charge in [0.15, 0.2) is 0 Å². The van der Waals surface area contributed by atoms with Gasteiger partial charge in [0.2, 0.25) is 0 Å². The van der Waals surface area contributed by atoms with Crippen LogP contribution in [0.25, 0.3) is 0 Å². The number of nitrogens with two attached hydrogens (primary N) is 1. The molecule has 0 aromatic carbocycles. The first kappa shape index (κ1) is 14.7. The Morgan fingerprint density at radius 1 is 1.45 bits per heavy atom. The van der Waals surface area contributed by atoms with Crippen LogP contribution in [-0.4, -0.2) is 26.4 Å². The lowest BCUT2D eigenvalue weighted by Gasteiger charge is -2.27. The predicted octanol–water partition coefficient (Wildman–Crippen LogP) is 1.26. The van der Waals surface area contributed by atoms with Crippen LogP contribution >= 0.6 is 0 Å². The second-order valence-electron chi connectivity index (χ2n) is 5.70.